The van der Waals surface area contributed by atoms with Crippen molar-refractivity contribution < 1.29 is 4.79 Å². The number of hydrogen-bond donors (Lipinski definition) is 1. The summed E-state index contributed by atoms with van der Waals surface area (Å²) in [6.45, 7) is 3.78. The predicted molar refractivity (Wildman–Crippen MR) is 92.2 cm³/mol. The molecule has 0 saturated carbocycles. The Balaban J connectivity index is 2.19. The summed E-state index contributed by atoms with van der Waals surface area (Å²) in [6, 6.07) is 10.9. The third kappa shape index (κ3) is 3.14. The monoisotopic (exact) mass is 341 g/mol. The van der Waals surface area contributed by atoms with Crippen molar-refractivity contribution in [2.75, 3.05) is 0 Å². The Morgan fingerprint density at radius 3 is 2.54 bits per heavy atom. The molecule has 1 aromatic carbocycles. The molecular weight excluding hydrogens is 326 g/mol. The molecule has 0 aliphatic rings. The van der Waals surface area contributed by atoms with Crippen LogP contribution in [0.1, 0.15) is 24.3 Å². The SMILES string of the molecule is CC(C)NC(=O)c1nnn(-c2ccccc2Cl)c1-c1ccncc1. The summed E-state index contributed by atoms with van der Waals surface area (Å²) in [5.41, 5.74) is 2.25. The second-order valence-electron chi connectivity index (χ2n) is 5.51. The Morgan fingerprint density at radius 1 is 1.17 bits per heavy atom. The number of halogens is 1. The van der Waals surface area contributed by atoms with Crippen molar-refractivity contribution in [3.8, 4) is 16.9 Å². The van der Waals surface area contributed by atoms with Gasteiger partial charge in [-0.1, -0.05) is 28.9 Å². The average molecular weight is 342 g/mol. The standard InChI is InChI=1S/C17H16ClN5O/c1-11(2)20-17(24)15-16(12-7-9-19-10-8-12)23(22-21-15)14-6-4-3-5-13(14)18/h3-11H,1-2H3,(H,20,24). The maximum atomic E-state index is 12.5. The van der Waals surface area contributed by atoms with Gasteiger partial charge in [-0.25, -0.2) is 4.68 Å². The molecule has 0 atom stereocenters. The minimum atomic E-state index is -0.282. The number of amides is 1. The zero-order valence-electron chi connectivity index (χ0n) is 13.3. The average Bonchev–Trinajstić information content (AvgIpc) is 3.00. The van der Waals surface area contributed by atoms with Crippen molar-refractivity contribution in [3.63, 3.8) is 0 Å². The van der Waals surface area contributed by atoms with Crippen molar-refractivity contribution in [2.45, 2.75) is 19.9 Å². The summed E-state index contributed by atoms with van der Waals surface area (Å²) < 4.78 is 1.58. The predicted octanol–water partition coefficient (Wildman–Crippen LogP) is 3.12. The molecule has 2 heterocycles. The molecule has 1 N–H and O–H groups in total. The highest BCUT2D eigenvalue weighted by Crippen LogP contribution is 2.28. The highest BCUT2D eigenvalue weighted by atomic mass is 35.5. The lowest BCUT2D eigenvalue weighted by Gasteiger charge is -2.11. The fourth-order valence-corrected chi connectivity index (χ4v) is 2.54. The summed E-state index contributed by atoms with van der Waals surface area (Å²) >= 11 is 6.29. The summed E-state index contributed by atoms with van der Waals surface area (Å²) in [5.74, 6) is -0.282. The van der Waals surface area contributed by atoms with Crippen molar-refractivity contribution >= 4 is 17.5 Å². The number of rotatable bonds is 4. The fourth-order valence-electron chi connectivity index (χ4n) is 2.33. The molecule has 0 radical (unpaired) electrons. The van der Waals surface area contributed by atoms with Crippen LogP contribution in [0.15, 0.2) is 48.8 Å². The molecule has 7 heteroatoms. The maximum absolute atomic E-state index is 12.5. The molecule has 3 aromatic rings. The zero-order valence-corrected chi connectivity index (χ0v) is 14.0. The molecule has 0 unspecified atom stereocenters. The normalized spacial score (nSPS) is 10.8. The van der Waals surface area contributed by atoms with Gasteiger partial charge in [0.15, 0.2) is 5.69 Å². The van der Waals surface area contributed by atoms with Crippen LogP contribution in [0, 0.1) is 0 Å². The van der Waals surface area contributed by atoms with Gasteiger partial charge in [0.25, 0.3) is 5.91 Å². The molecule has 24 heavy (non-hydrogen) atoms. The minimum Gasteiger partial charge on any atom is -0.348 e. The third-order valence-electron chi connectivity index (χ3n) is 3.34. The number of nitrogens with zero attached hydrogens (tertiary/aromatic N) is 4. The lowest BCUT2D eigenvalue weighted by Crippen LogP contribution is -2.30. The van der Waals surface area contributed by atoms with Crippen LogP contribution in [-0.2, 0) is 0 Å². The van der Waals surface area contributed by atoms with Crippen LogP contribution in [0.3, 0.4) is 0 Å². The molecule has 6 nitrogen and oxygen atoms in total. The lowest BCUT2D eigenvalue weighted by molar-refractivity contribution is 0.0938. The fraction of sp³-hybridized carbons (Fsp3) is 0.176. The number of nitrogens with one attached hydrogen (secondary N) is 1. The lowest BCUT2D eigenvalue weighted by atomic mass is 10.1. The number of carbonyl (C=O) groups excluding carboxylic acids is 1. The van der Waals surface area contributed by atoms with Gasteiger partial charge >= 0.3 is 0 Å². The van der Waals surface area contributed by atoms with Gasteiger partial charge in [0, 0.05) is 24.0 Å². The summed E-state index contributed by atoms with van der Waals surface area (Å²) in [6.07, 6.45) is 3.31. The first kappa shape index (κ1) is 16.1. The quantitative estimate of drug-likeness (QED) is 0.791. The van der Waals surface area contributed by atoms with Gasteiger partial charge in [-0.3, -0.25) is 9.78 Å². The van der Waals surface area contributed by atoms with E-state index in [1.54, 1.807) is 35.3 Å². The minimum absolute atomic E-state index is 0.00625. The van der Waals surface area contributed by atoms with Crippen molar-refractivity contribution in [1.82, 2.24) is 25.3 Å². The van der Waals surface area contributed by atoms with Crippen molar-refractivity contribution in [1.29, 1.82) is 0 Å². The molecule has 0 spiro atoms. The Hall–Kier alpha value is -2.73. The number of para-hydroxylation sites is 1. The van der Waals surface area contributed by atoms with Gasteiger partial charge in [0.2, 0.25) is 0 Å². The maximum Gasteiger partial charge on any atom is 0.274 e. The topological polar surface area (TPSA) is 72.7 Å². The second kappa shape index (κ2) is 6.80. The van der Waals surface area contributed by atoms with Gasteiger partial charge in [-0.2, -0.15) is 0 Å². The number of pyridine rings is 1. The number of aromatic nitrogens is 4. The Labute approximate surface area is 144 Å². The van der Waals surface area contributed by atoms with E-state index in [1.807, 2.05) is 32.0 Å². The highest BCUT2D eigenvalue weighted by Gasteiger charge is 2.23. The molecule has 2 aromatic heterocycles. The smallest absolute Gasteiger partial charge is 0.274 e. The molecule has 0 bridgehead atoms. The summed E-state index contributed by atoms with van der Waals surface area (Å²) in [5, 5.41) is 11.6. The van der Waals surface area contributed by atoms with E-state index < -0.39 is 0 Å². The van der Waals surface area contributed by atoms with Crippen LogP contribution in [-0.4, -0.2) is 31.9 Å². The van der Waals surface area contributed by atoms with Gasteiger partial charge in [-0.05, 0) is 38.1 Å². The Bertz CT molecular complexity index is 860. The van der Waals surface area contributed by atoms with Crippen molar-refractivity contribution in [2.24, 2.45) is 0 Å². The third-order valence-corrected chi connectivity index (χ3v) is 3.66. The van der Waals surface area contributed by atoms with Crippen LogP contribution < -0.4 is 5.32 Å². The van der Waals surface area contributed by atoms with E-state index in [0.29, 0.717) is 16.4 Å². The molecule has 0 fully saturated rings. The van der Waals surface area contributed by atoms with Gasteiger partial charge < -0.3 is 5.32 Å². The van der Waals surface area contributed by atoms with Gasteiger partial charge in [-0.15, -0.1) is 5.10 Å². The van der Waals surface area contributed by atoms with E-state index in [4.69, 9.17) is 11.6 Å². The van der Waals surface area contributed by atoms with E-state index in [-0.39, 0.29) is 17.6 Å². The first-order chi connectivity index (χ1) is 11.6. The Morgan fingerprint density at radius 2 is 1.88 bits per heavy atom. The molecular formula is C17H16ClN5O. The van der Waals surface area contributed by atoms with Crippen LogP contribution in [0.25, 0.3) is 16.9 Å². The molecule has 1 amide bonds. The van der Waals surface area contributed by atoms with E-state index in [2.05, 4.69) is 20.6 Å². The van der Waals surface area contributed by atoms with E-state index in [9.17, 15) is 4.79 Å². The number of carbonyl (C=O) groups is 1. The number of hydrogen-bond acceptors (Lipinski definition) is 4. The summed E-state index contributed by atoms with van der Waals surface area (Å²) in [4.78, 5) is 16.5. The van der Waals surface area contributed by atoms with E-state index >= 15 is 0 Å². The van der Waals surface area contributed by atoms with Gasteiger partial charge in [0.1, 0.15) is 5.69 Å². The molecule has 0 aliphatic carbocycles. The molecule has 0 saturated heterocycles. The van der Waals surface area contributed by atoms with Crippen LogP contribution in [0.2, 0.25) is 5.02 Å². The molecule has 3 rings (SSSR count). The van der Waals surface area contributed by atoms with Crippen LogP contribution in [0.4, 0.5) is 0 Å². The largest absolute Gasteiger partial charge is 0.348 e. The van der Waals surface area contributed by atoms with Crippen LogP contribution in [0.5, 0.6) is 0 Å². The first-order valence-electron chi connectivity index (χ1n) is 7.50. The van der Waals surface area contributed by atoms with E-state index in [1.165, 1.54) is 0 Å². The zero-order chi connectivity index (χ0) is 17.1. The molecule has 122 valence electrons. The van der Waals surface area contributed by atoms with E-state index in [0.717, 1.165) is 5.56 Å². The first-order valence-corrected chi connectivity index (χ1v) is 7.87. The number of benzene rings is 1. The second-order valence-corrected chi connectivity index (χ2v) is 5.92. The summed E-state index contributed by atoms with van der Waals surface area (Å²) in [7, 11) is 0. The van der Waals surface area contributed by atoms with Crippen molar-refractivity contribution in [3.05, 3.63) is 59.5 Å². The highest BCUT2D eigenvalue weighted by molar-refractivity contribution is 6.32. The molecule has 0 aliphatic heterocycles. The Kier molecular flexibility index (Phi) is 4.57. The van der Waals surface area contributed by atoms with Crippen LogP contribution >= 0.6 is 11.6 Å². The van der Waals surface area contributed by atoms with Gasteiger partial charge in [0.05, 0.1) is 10.7 Å².